The minimum atomic E-state index is -1.00. The highest BCUT2D eigenvalue weighted by atomic mass is 19.1. The molecule has 5 heteroatoms. The van der Waals surface area contributed by atoms with Crippen molar-refractivity contribution in [3.05, 3.63) is 71.5 Å². The molecular formula is C21H25FN2O2. The Morgan fingerprint density at radius 2 is 1.88 bits per heavy atom. The van der Waals surface area contributed by atoms with Crippen molar-refractivity contribution in [2.24, 2.45) is 0 Å². The van der Waals surface area contributed by atoms with Crippen LogP contribution in [0.2, 0.25) is 0 Å². The lowest BCUT2D eigenvalue weighted by Crippen LogP contribution is -2.54. The second-order valence-corrected chi connectivity index (χ2v) is 7.13. The highest BCUT2D eigenvalue weighted by molar-refractivity contribution is 5.64. The van der Waals surface area contributed by atoms with E-state index in [0.717, 1.165) is 24.8 Å². The fourth-order valence-corrected chi connectivity index (χ4v) is 3.94. The average molecular weight is 356 g/mol. The third-order valence-electron chi connectivity index (χ3n) is 5.17. The van der Waals surface area contributed by atoms with Gasteiger partial charge in [0.25, 0.3) is 0 Å². The molecule has 0 aromatic heterocycles. The zero-order valence-corrected chi connectivity index (χ0v) is 14.7. The summed E-state index contributed by atoms with van der Waals surface area (Å²) in [6, 6.07) is 16.8. The number of hydrogen-bond acceptors (Lipinski definition) is 2. The Kier molecular flexibility index (Phi) is 5.89. The first-order valence-electron chi connectivity index (χ1n) is 9.08. The van der Waals surface area contributed by atoms with Gasteiger partial charge in [-0.3, -0.25) is 0 Å². The molecule has 3 N–H and O–H groups in total. The summed E-state index contributed by atoms with van der Waals surface area (Å²) in [5.74, 6) is -0.207. The molecule has 0 radical (unpaired) electrons. The Bertz CT molecular complexity index is 738. The number of halogens is 1. The van der Waals surface area contributed by atoms with Crippen LogP contribution >= 0.6 is 0 Å². The standard InChI is InChI=1S/C21H25FN2O2/c22-19-11-5-4-9-17(19)13-21(23-15-16-7-2-1-3-8-16)12-6-10-18(14-21)24-20(25)26/h1-5,7-9,11,18,23-24H,6,10,12-15H2,(H,25,26). The lowest BCUT2D eigenvalue weighted by atomic mass is 9.75. The van der Waals surface area contributed by atoms with Gasteiger partial charge in [0.05, 0.1) is 0 Å². The van der Waals surface area contributed by atoms with Gasteiger partial charge in [0.15, 0.2) is 0 Å². The first kappa shape index (κ1) is 18.4. The van der Waals surface area contributed by atoms with Crippen LogP contribution in [0.25, 0.3) is 0 Å². The Morgan fingerprint density at radius 3 is 2.62 bits per heavy atom. The number of carbonyl (C=O) groups is 1. The van der Waals surface area contributed by atoms with Crippen molar-refractivity contribution in [2.75, 3.05) is 0 Å². The highest BCUT2D eigenvalue weighted by Gasteiger charge is 2.37. The number of carboxylic acid groups (broad SMARTS) is 1. The molecule has 0 bridgehead atoms. The molecule has 2 atom stereocenters. The molecule has 2 aromatic carbocycles. The van der Waals surface area contributed by atoms with E-state index in [1.165, 1.54) is 6.07 Å². The van der Waals surface area contributed by atoms with Gasteiger partial charge in [0.1, 0.15) is 5.82 Å². The summed E-state index contributed by atoms with van der Waals surface area (Å²) < 4.78 is 14.2. The number of benzene rings is 2. The third-order valence-corrected chi connectivity index (χ3v) is 5.17. The molecule has 4 nitrogen and oxygen atoms in total. The molecule has 0 aliphatic heterocycles. The van der Waals surface area contributed by atoms with Crippen molar-refractivity contribution in [3.63, 3.8) is 0 Å². The van der Waals surface area contributed by atoms with Crippen LogP contribution in [0.5, 0.6) is 0 Å². The zero-order valence-electron chi connectivity index (χ0n) is 14.7. The Morgan fingerprint density at radius 1 is 1.15 bits per heavy atom. The topological polar surface area (TPSA) is 61.4 Å². The van der Waals surface area contributed by atoms with Crippen LogP contribution in [0.3, 0.4) is 0 Å². The van der Waals surface area contributed by atoms with Gasteiger partial charge in [0.2, 0.25) is 0 Å². The maximum Gasteiger partial charge on any atom is 0.404 e. The Hall–Kier alpha value is -2.40. The molecule has 1 amide bonds. The predicted molar refractivity (Wildman–Crippen MR) is 99.5 cm³/mol. The van der Waals surface area contributed by atoms with Gasteiger partial charge in [-0.05, 0) is 49.3 Å². The first-order chi connectivity index (χ1) is 12.6. The summed E-state index contributed by atoms with van der Waals surface area (Å²) in [7, 11) is 0. The van der Waals surface area contributed by atoms with E-state index in [1.807, 2.05) is 30.3 Å². The van der Waals surface area contributed by atoms with Gasteiger partial charge >= 0.3 is 6.09 Å². The third kappa shape index (κ3) is 4.82. The van der Waals surface area contributed by atoms with E-state index in [1.54, 1.807) is 6.07 Å². The van der Waals surface area contributed by atoms with E-state index in [2.05, 4.69) is 22.8 Å². The second kappa shape index (κ2) is 8.32. The molecule has 2 unspecified atom stereocenters. The van der Waals surface area contributed by atoms with Crippen molar-refractivity contribution in [3.8, 4) is 0 Å². The van der Waals surface area contributed by atoms with E-state index in [-0.39, 0.29) is 17.4 Å². The summed E-state index contributed by atoms with van der Waals surface area (Å²) in [5, 5.41) is 15.3. The summed E-state index contributed by atoms with van der Waals surface area (Å²) in [4.78, 5) is 11.1. The fourth-order valence-electron chi connectivity index (χ4n) is 3.94. The van der Waals surface area contributed by atoms with Crippen LogP contribution < -0.4 is 10.6 Å². The number of nitrogens with one attached hydrogen (secondary N) is 2. The Balaban J connectivity index is 1.80. The molecule has 0 saturated heterocycles. The van der Waals surface area contributed by atoms with Crippen LogP contribution in [0.1, 0.15) is 36.8 Å². The molecule has 1 aliphatic rings. The van der Waals surface area contributed by atoms with Crippen LogP contribution in [-0.2, 0) is 13.0 Å². The summed E-state index contributed by atoms with van der Waals surface area (Å²) >= 11 is 0. The van der Waals surface area contributed by atoms with E-state index in [4.69, 9.17) is 5.11 Å². The van der Waals surface area contributed by atoms with E-state index in [9.17, 15) is 9.18 Å². The van der Waals surface area contributed by atoms with E-state index >= 15 is 0 Å². The number of hydrogen-bond donors (Lipinski definition) is 3. The van der Waals surface area contributed by atoms with E-state index < -0.39 is 6.09 Å². The van der Waals surface area contributed by atoms with Crippen LogP contribution in [0.15, 0.2) is 54.6 Å². The Labute approximate surface area is 153 Å². The molecule has 1 aliphatic carbocycles. The van der Waals surface area contributed by atoms with Crippen LogP contribution in [0.4, 0.5) is 9.18 Å². The quantitative estimate of drug-likeness (QED) is 0.730. The van der Waals surface area contributed by atoms with Gasteiger partial charge in [0, 0.05) is 18.1 Å². The maximum absolute atomic E-state index is 14.2. The fraction of sp³-hybridized carbons (Fsp3) is 0.381. The highest BCUT2D eigenvalue weighted by Crippen LogP contribution is 2.33. The van der Waals surface area contributed by atoms with Crippen molar-refractivity contribution in [1.82, 2.24) is 10.6 Å². The molecular weight excluding hydrogens is 331 g/mol. The summed E-state index contributed by atoms with van der Waals surface area (Å²) in [6.45, 7) is 0.676. The molecule has 26 heavy (non-hydrogen) atoms. The molecule has 0 heterocycles. The molecule has 1 fully saturated rings. The smallest absolute Gasteiger partial charge is 0.404 e. The van der Waals surface area contributed by atoms with Crippen LogP contribution in [0, 0.1) is 5.82 Å². The van der Waals surface area contributed by atoms with E-state index in [0.29, 0.717) is 24.9 Å². The number of rotatable bonds is 6. The normalized spacial score (nSPS) is 22.7. The molecule has 0 spiro atoms. The lowest BCUT2D eigenvalue weighted by Gasteiger charge is -2.42. The molecule has 2 aromatic rings. The van der Waals surface area contributed by atoms with Gasteiger partial charge in [-0.2, -0.15) is 0 Å². The minimum absolute atomic E-state index is 0.115. The molecule has 1 saturated carbocycles. The number of amides is 1. The van der Waals surface area contributed by atoms with Crippen molar-refractivity contribution in [2.45, 2.75) is 50.2 Å². The average Bonchev–Trinajstić information content (AvgIpc) is 2.63. The van der Waals surface area contributed by atoms with Crippen molar-refractivity contribution in [1.29, 1.82) is 0 Å². The molecule has 138 valence electrons. The largest absolute Gasteiger partial charge is 0.465 e. The SMILES string of the molecule is O=C(O)NC1CCCC(Cc2ccccc2F)(NCc2ccccc2)C1. The zero-order chi connectivity index (χ0) is 18.4. The first-order valence-corrected chi connectivity index (χ1v) is 9.08. The lowest BCUT2D eigenvalue weighted by molar-refractivity contribution is 0.163. The van der Waals surface area contributed by atoms with Crippen molar-refractivity contribution < 1.29 is 14.3 Å². The van der Waals surface area contributed by atoms with Crippen molar-refractivity contribution >= 4 is 6.09 Å². The second-order valence-electron chi connectivity index (χ2n) is 7.13. The van der Waals surface area contributed by atoms with Crippen LogP contribution in [-0.4, -0.2) is 22.8 Å². The molecule has 3 rings (SSSR count). The van der Waals surface area contributed by atoms with Gasteiger partial charge in [-0.25, -0.2) is 9.18 Å². The van der Waals surface area contributed by atoms with Gasteiger partial charge < -0.3 is 15.7 Å². The summed E-state index contributed by atoms with van der Waals surface area (Å²) in [6.07, 6.45) is 2.82. The summed E-state index contributed by atoms with van der Waals surface area (Å²) in [5.41, 5.74) is 1.50. The minimum Gasteiger partial charge on any atom is -0.465 e. The monoisotopic (exact) mass is 356 g/mol. The van der Waals surface area contributed by atoms with Gasteiger partial charge in [-0.15, -0.1) is 0 Å². The maximum atomic E-state index is 14.2. The predicted octanol–water partition coefficient (Wildman–Crippen LogP) is 4.11. The van der Waals surface area contributed by atoms with Gasteiger partial charge in [-0.1, -0.05) is 48.5 Å².